The molecule has 1 aliphatic rings. The van der Waals surface area contributed by atoms with Crippen molar-refractivity contribution in [2.75, 3.05) is 13.1 Å². The van der Waals surface area contributed by atoms with Crippen LogP contribution < -0.4 is 10.6 Å². The molecule has 3 nitrogen and oxygen atoms in total. The summed E-state index contributed by atoms with van der Waals surface area (Å²) < 4.78 is 0. The smallest absolute Gasteiger partial charge is 0.191 e. The van der Waals surface area contributed by atoms with Crippen molar-refractivity contribution in [3.05, 3.63) is 0 Å². The Morgan fingerprint density at radius 3 is 3.08 bits per heavy atom. The van der Waals surface area contributed by atoms with Gasteiger partial charge in [-0.1, -0.05) is 19.8 Å². The van der Waals surface area contributed by atoms with E-state index in [0.29, 0.717) is 6.04 Å². The first kappa shape index (κ1) is 9.36. The fourth-order valence-corrected chi connectivity index (χ4v) is 1.31. The molecule has 0 fully saturated rings. The van der Waals surface area contributed by atoms with Crippen LogP contribution in [0.4, 0.5) is 0 Å². The van der Waals surface area contributed by atoms with Crippen molar-refractivity contribution in [2.24, 2.45) is 4.99 Å². The number of hydrogen-bond acceptors (Lipinski definition) is 3. The number of rotatable bonds is 4. The van der Waals surface area contributed by atoms with Crippen LogP contribution in [0.2, 0.25) is 0 Å². The van der Waals surface area contributed by atoms with Gasteiger partial charge in [0.05, 0.1) is 6.54 Å². The third-order valence-corrected chi connectivity index (χ3v) is 2.05. The quantitative estimate of drug-likeness (QED) is 0.661. The van der Waals surface area contributed by atoms with Crippen molar-refractivity contribution in [3.63, 3.8) is 0 Å². The number of nitrogens with one attached hydrogen (secondary N) is 2. The van der Waals surface area contributed by atoms with E-state index in [1.54, 1.807) is 0 Å². The molecular formula is C9H19N3. The first-order chi connectivity index (χ1) is 5.83. The minimum absolute atomic E-state index is 0.550. The molecule has 0 aromatic carbocycles. The Morgan fingerprint density at radius 1 is 1.67 bits per heavy atom. The molecule has 1 heterocycles. The third kappa shape index (κ3) is 3.11. The van der Waals surface area contributed by atoms with Gasteiger partial charge in [-0.15, -0.1) is 0 Å². The molecule has 0 amide bonds. The predicted molar refractivity (Wildman–Crippen MR) is 52.4 cm³/mol. The van der Waals surface area contributed by atoms with Crippen molar-refractivity contribution in [1.82, 2.24) is 10.6 Å². The van der Waals surface area contributed by atoms with Crippen molar-refractivity contribution >= 4 is 5.96 Å². The molecule has 3 heteroatoms. The molecule has 0 aliphatic carbocycles. The van der Waals surface area contributed by atoms with E-state index >= 15 is 0 Å². The Bertz CT molecular complexity index is 154. The van der Waals surface area contributed by atoms with Gasteiger partial charge in [0.1, 0.15) is 0 Å². The fourth-order valence-electron chi connectivity index (χ4n) is 1.31. The highest BCUT2D eigenvalue weighted by atomic mass is 15.2. The van der Waals surface area contributed by atoms with E-state index in [9.17, 15) is 0 Å². The lowest BCUT2D eigenvalue weighted by atomic mass is 10.1. The molecule has 1 unspecified atom stereocenters. The van der Waals surface area contributed by atoms with E-state index in [0.717, 1.165) is 19.0 Å². The van der Waals surface area contributed by atoms with E-state index in [2.05, 4.69) is 29.5 Å². The molecule has 12 heavy (non-hydrogen) atoms. The van der Waals surface area contributed by atoms with Gasteiger partial charge in [0, 0.05) is 12.6 Å². The van der Waals surface area contributed by atoms with Crippen LogP contribution >= 0.6 is 0 Å². The maximum Gasteiger partial charge on any atom is 0.191 e. The molecule has 70 valence electrons. The lowest BCUT2D eigenvalue weighted by molar-refractivity contribution is 0.565. The number of unbranched alkanes of at least 4 members (excludes halogenated alkanes) is 1. The first-order valence-electron chi connectivity index (χ1n) is 4.87. The lowest BCUT2D eigenvalue weighted by Crippen LogP contribution is -2.39. The summed E-state index contributed by atoms with van der Waals surface area (Å²) in [5.74, 6) is 0.985. The summed E-state index contributed by atoms with van der Waals surface area (Å²) in [6.45, 7) is 6.34. The molecule has 0 aromatic rings. The van der Waals surface area contributed by atoms with Crippen molar-refractivity contribution in [3.8, 4) is 0 Å². The second-order valence-electron chi connectivity index (χ2n) is 3.34. The van der Waals surface area contributed by atoms with Crippen LogP contribution in [0.1, 0.15) is 33.1 Å². The van der Waals surface area contributed by atoms with E-state index in [4.69, 9.17) is 0 Å². The van der Waals surface area contributed by atoms with Gasteiger partial charge in [-0.05, 0) is 13.3 Å². The number of aliphatic imine (C=N–C) groups is 1. The minimum atomic E-state index is 0.550. The zero-order valence-electron chi connectivity index (χ0n) is 8.06. The molecule has 1 atom stereocenters. The second-order valence-corrected chi connectivity index (χ2v) is 3.34. The van der Waals surface area contributed by atoms with Crippen LogP contribution in [0.3, 0.4) is 0 Å². The Labute approximate surface area is 74.6 Å². The summed E-state index contributed by atoms with van der Waals surface area (Å²) in [6, 6.07) is 0.550. The molecule has 0 bridgehead atoms. The highest BCUT2D eigenvalue weighted by molar-refractivity contribution is 5.81. The van der Waals surface area contributed by atoms with Gasteiger partial charge in [-0.3, -0.25) is 4.99 Å². The summed E-state index contributed by atoms with van der Waals surface area (Å²) in [5.41, 5.74) is 0. The van der Waals surface area contributed by atoms with Gasteiger partial charge in [-0.25, -0.2) is 0 Å². The van der Waals surface area contributed by atoms with Gasteiger partial charge in [0.25, 0.3) is 0 Å². The SMILES string of the molecule is CCCCC(C)NC1=NCCN1. The number of nitrogens with zero attached hydrogens (tertiary/aromatic N) is 1. The van der Waals surface area contributed by atoms with E-state index in [-0.39, 0.29) is 0 Å². The summed E-state index contributed by atoms with van der Waals surface area (Å²) in [4.78, 5) is 4.28. The molecule has 0 saturated carbocycles. The number of guanidine groups is 1. The lowest BCUT2D eigenvalue weighted by Gasteiger charge is -2.14. The molecule has 0 spiro atoms. The summed E-state index contributed by atoms with van der Waals surface area (Å²) in [7, 11) is 0. The maximum absolute atomic E-state index is 4.28. The normalized spacial score (nSPS) is 18.3. The van der Waals surface area contributed by atoms with Gasteiger partial charge >= 0.3 is 0 Å². The Hall–Kier alpha value is -0.730. The minimum Gasteiger partial charge on any atom is -0.355 e. The van der Waals surface area contributed by atoms with Crippen LogP contribution in [0.25, 0.3) is 0 Å². The van der Waals surface area contributed by atoms with E-state index < -0.39 is 0 Å². The Balaban J connectivity index is 2.12. The highest BCUT2D eigenvalue weighted by Gasteiger charge is 2.07. The largest absolute Gasteiger partial charge is 0.355 e. The first-order valence-corrected chi connectivity index (χ1v) is 4.87. The number of hydrogen-bond donors (Lipinski definition) is 2. The summed E-state index contributed by atoms with van der Waals surface area (Å²) >= 11 is 0. The summed E-state index contributed by atoms with van der Waals surface area (Å²) in [5, 5.41) is 6.56. The zero-order valence-corrected chi connectivity index (χ0v) is 8.06. The van der Waals surface area contributed by atoms with Crippen LogP contribution in [0, 0.1) is 0 Å². The van der Waals surface area contributed by atoms with E-state index in [1.165, 1.54) is 19.3 Å². The van der Waals surface area contributed by atoms with Crippen LogP contribution in [-0.2, 0) is 0 Å². The molecule has 0 radical (unpaired) electrons. The van der Waals surface area contributed by atoms with Crippen LogP contribution in [-0.4, -0.2) is 25.1 Å². The molecule has 0 saturated heterocycles. The van der Waals surface area contributed by atoms with Gasteiger partial charge in [0.2, 0.25) is 0 Å². The van der Waals surface area contributed by atoms with Crippen molar-refractivity contribution in [2.45, 2.75) is 39.2 Å². The van der Waals surface area contributed by atoms with Crippen molar-refractivity contribution in [1.29, 1.82) is 0 Å². The Morgan fingerprint density at radius 2 is 2.50 bits per heavy atom. The van der Waals surface area contributed by atoms with E-state index in [1.807, 2.05) is 0 Å². The van der Waals surface area contributed by atoms with Gasteiger partial charge in [-0.2, -0.15) is 0 Å². The molecular weight excluding hydrogens is 150 g/mol. The predicted octanol–water partition coefficient (Wildman–Crippen LogP) is 1.11. The van der Waals surface area contributed by atoms with Crippen LogP contribution in [0.5, 0.6) is 0 Å². The third-order valence-electron chi connectivity index (χ3n) is 2.05. The molecule has 1 aliphatic heterocycles. The highest BCUT2D eigenvalue weighted by Crippen LogP contribution is 1.99. The van der Waals surface area contributed by atoms with Crippen LogP contribution in [0.15, 0.2) is 4.99 Å². The maximum atomic E-state index is 4.28. The zero-order chi connectivity index (χ0) is 8.81. The molecule has 0 aromatic heterocycles. The molecule has 2 N–H and O–H groups in total. The van der Waals surface area contributed by atoms with Crippen molar-refractivity contribution < 1.29 is 0 Å². The summed E-state index contributed by atoms with van der Waals surface area (Å²) in [6.07, 6.45) is 3.80. The average Bonchev–Trinajstić information content (AvgIpc) is 2.53. The monoisotopic (exact) mass is 169 g/mol. The van der Waals surface area contributed by atoms with Gasteiger partial charge < -0.3 is 10.6 Å². The molecule has 1 rings (SSSR count). The second kappa shape index (κ2) is 5.01. The topological polar surface area (TPSA) is 36.4 Å². The Kier molecular flexibility index (Phi) is 3.91. The fraction of sp³-hybridized carbons (Fsp3) is 0.889. The van der Waals surface area contributed by atoms with Gasteiger partial charge in [0.15, 0.2) is 5.96 Å². The average molecular weight is 169 g/mol. The standard InChI is InChI=1S/C9H19N3/c1-3-4-5-8(2)12-9-10-6-7-11-9/h8H,3-7H2,1-2H3,(H2,10,11,12).